The summed E-state index contributed by atoms with van der Waals surface area (Å²) in [5, 5.41) is 2.53. The highest BCUT2D eigenvalue weighted by Crippen LogP contribution is 2.08. The van der Waals surface area contributed by atoms with Gasteiger partial charge in [-0.15, -0.1) is 0 Å². The average Bonchev–Trinajstić information content (AvgIpc) is 2.42. The Morgan fingerprint density at radius 3 is 2.50 bits per heavy atom. The Kier molecular flexibility index (Phi) is 5.90. The highest BCUT2D eigenvalue weighted by molar-refractivity contribution is 5.94. The first-order valence-corrected chi connectivity index (χ1v) is 6.26. The summed E-state index contributed by atoms with van der Waals surface area (Å²) in [6.07, 6.45) is 2.55. The summed E-state index contributed by atoms with van der Waals surface area (Å²) in [7, 11) is 1.26. The van der Waals surface area contributed by atoms with E-state index in [0.717, 1.165) is 0 Å². The van der Waals surface area contributed by atoms with E-state index in [9.17, 15) is 14.0 Å². The zero-order chi connectivity index (χ0) is 15.1. The van der Waals surface area contributed by atoms with Gasteiger partial charge in [0.15, 0.2) is 0 Å². The molecule has 0 heterocycles. The van der Waals surface area contributed by atoms with E-state index < -0.39 is 23.7 Å². The van der Waals surface area contributed by atoms with Crippen LogP contribution in [0.5, 0.6) is 0 Å². The first-order valence-electron chi connectivity index (χ1n) is 6.26. The Labute approximate surface area is 117 Å². The minimum atomic E-state index is -0.724. The van der Waals surface area contributed by atoms with E-state index in [1.54, 1.807) is 32.0 Å². The number of esters is 1. The van der Waals surface area contributed by atoms with Gasteiger partial charge in [0.25, 0.3) is 0 Å². The van der Waals surface area contributed by atoms with Crippen LogP contribution in [0, 0.1) is 11.7 Å². The molecule has 0 aliphatic heterocycles. The van der Waals surface area contributed by atoms with Crippen molar-refractivity contribution in [2.75, 3.05) is 7.11 Å². The normalized spacial score (nSPS) is 12.4. The summed E-state index contributed by atoms with van der Waals surface area (Å²) in [4.78, 5) is 23.2. The van der Waals surface area contributed by atoms with Gasteiger partial charge in [0.1, 0.15) is 11.9 Å². The zero-order valence-corrected chi connectivity index (χ0v) is 11.7. The lowest BCUT2D eigenvalue weighted by Gasteiger charge is -2.18. The van der Waals surface area contributed by atoms with Crippen molar-refractivity contribution in [3.05, 3.63) is 41.7 Å². The van der Waals surface area contributed by atoms with Crippen molar-refractivity contribution in [3.63, 3.8) is 0 Å². The van der Waals surface area contributed by atoms with Crippen molar-refractivity contribution in [1.82, 2.24) is 5.32 Å². The molecule has 0 saturated carbocycles. The van der Waals surface area contributed by atoms with Gasteiger partial charge in [-0.1, -0.05) is 32.0 Å². The number of methoxy groups -OCH3 is 1. The summed E-state index contributed by atoms with van der Waals surface area (Å²) >= 11 is 0. The molecule has 1 amide bonds. The first-order chi connectivity index (χ1) is 9.45. The van der Waals surface area contributed by atoms with Crippen LogP contribution in [0.25, 0.3) is 6.08 Å². The minimum absolute atomic E-state index is 0.103. The molecule has 0 aliphatic carbocycles. The molecule has 1 atom stereocenters. The van der Waals surface area contributed by atoms with Crippen LogP contribution in [0.1, 0.15) is 19.4 Å². The van der Waals surface area contributed by atoms with E-state index >= 15 is 0 Å². The fourth-order valence-corrected chi connectivity index (χ4v) is 1.60. The second kappa shape index (κ2) is 7.43. The first kappa shape index (κ1) is 15.9. The second-order valence-electron chi connectivity index (χ2n) is 4.61. The lowest BCUT2D eigenvalue weighted by molar-refractivity contribution is -0.145. The van der Waals surface area contributed by atoms with Crippen LogP contribution in [0.4, 0.5) is 4.39 Å². The molecule has 0 bridgehead atoms. The molecular formula is C15H18FNO3. The van der Waals surface area contributed by atoms with Gasteiger partial charge in [0.05, 0.1) is 7.11 Å². The van der Waals surface area contributed by atoms with Gasteiger partial charge in [-0.3, -0.25) is 4.79 Å². The maximum absolute atomic E-state index is 13.4. The lowest BCUT2D eigenvalue weighted by atomic mass is 10.0. The molecule has 1 N–H and O–H groups in total. The Bertz CT molecular complexity index is 512. The number of hydrogen-bond donors (Lipinski definition) is 1. The molecule has 108 valence electrons. The Hall–Kier alpha value is -2.17. The van der Waals surface area contributed by atoms with Gasteiger partial charge >= 0.3 is 5.97 Å². The summed E-state index contributed by atoms with van der Waals surface area (Å²) in [5.74, 6) is -1.50. The van der Waals surface area contributed by atoms with E-state index in [-0.39, 0.29) is 5.92 Å². The molecule has 0 fully saturated rings. The van der Waals surface area contributed by atoms with Crippen molar-refractivity contribution in [2.45, 2.75) is 19.9 Å². The molecule has 4 nitrogen and oxygen atoms in total. The number of carbonyl (C=O) groups is 2. The number of hydrogen-bond acceptors (Lipinski definition) is 3. The third-order valence-electron chi connectivity index (χ3n) is 2.74. The molecular weight excluding hydrogens is 261 g/mol. The van der Waals surface area contributed by atoms with Gasteiger partial charge < -0.3 is 10.1 Å². The molecule has 1 aromatic carbocycles. The van der Waals surface area contributed by atoms with Crippen molar-refractivity contribution >= 4 is 18.0 Å². The van der Waals surface area contributed by atoms with Crippen LogP contribution in [0.15, 0.2) is 30.3 Å². The van der Waals surface area contributed by atoms with Crippen LogP contribution < -0.4 is 5.32 Å². The maximum atomic E-state index is 13.4. The van der Waals surface area contributed by atoms with Crippen molar-refractivity contribution in [2.24, 2.45) is 5.92 Å². The minimum Gasteiger partial charge on any atom is -0.467 e. The van der Waals surface area contributed by atoms with Crippen molar-refractivity contribution < 1.29 is 18.7 Å². The quantitative estimate of drug-likeness (QED) is 0.663. The molecule has 0 saturated heterocycles. The van der Waals surface area contributed by atoms with E-state index in [2.05, 4.69) is 10.1 Å². The lowest BCUT2D eigenvalue weighted by Crippen LogP contribution is -2.44. The highest BCUT2D eigenvalue weighted by Gasteiger charge is 2.23. The highest BCUT2D eigenvalue weighted by atomic mass is 19.1. The number of carbonyl (C=O) groups excluding carboxylic acids is 2. The fraction of sp³-hybridized carbons (Fsp3) is 0.333. The molecule has 1 rings (SSSR count). The predicted molar refractivity (Wildman–Crippen MR) is 74.2 cm³/mol. The summed E-state index contributed by atoms with van der Waals surface area (Å²) < 4.78 is 18.0. The molecule has 1 aromatic rings. The number of benzene rings is 1. The summed E-state index contributed by atoms with van der Waals surface area (Å²) in [6.45, 7) is 3.59. The van der Waals surface area contributed by atoms with Crippen LogP contribution in [-0.2, 0) is 14.3 Å². The topological polar surface area (TPSA) is 55.4 Å². The Morgan fingerprint density at radius 1 is 1.30 bits per heavy atom. The number of ether oxygens (including phenoxy) is 1. The molecule has 0 radical (unpaired) electrons. The predicted octanol–water partition coefficient (Wildman–Crippen LogP) is 2.15. The molecule has 1 unspecified atom stereocenters. The standard InChI is InChI=1S/C15H18FNO3/c1-10(2)14(15(19)20-3)17-13(18)9-8-11-6-4-5-7-12(11)16/h4-10,14H,1-3H3,(H,17,18)/b9-8+. The Balaban J connectivity index is 2.71. The summed E-state index contributed by atoms with van der Waals surface area (Å²) in [5.41, 5.74) is 0.307. The van der Waals surface area contributed by atoms with Crippen LogP contribution in [-0.4, -0.2) is 25.0 Å². The number of halogens is 1. The van der Waals surface area contributed by atoms with Gasteiger partial charge in [-0.2, -0.15) is 0 Å². The zero-order valence-electron chi connectivity index (χ0n) is 11.7. The molecule has 20 heavy (non-hydrogen) atoms. The van der Waals surface area contributed by atoms with Crippen LogP contribution in [0.3, 0.4) is 0 Å². The number of amides is 1. The molecule has 0 aromatic heterocycles. The van der Waals surface area contributed by atoms with Crippen LogP contribution in [0.2, 0.25) is 0 Å². The fourth-order valence-electron chi connectivity index (χ4n) is 1.60. The molecule has 0 aliphatic rings. The Morgan fingerprint density at radius 2 is 1.95 bits per heavy atom. The van der Waals surface area contributed by atoms with Crippen molar-refractivity contribution in [1.29, 1.82) is 0 Å². The van der Waals surface area contributed by atoms with Crippen molar-refractivity contribution in [3.8, 4) is 0 Å². The maximum Gasteiger partial charge on any atom is 0.328 e. The van der Waals surface area contributed by atoms with E-state index in [0.29, 0.717) is 5.56 Å². The second-order valence-corrected chi connectivity index (χ2v) is 4.61. The summed E-state index contributed by atoms with van der Waals surface area (Å²) in [6, 6.07) is 5.38. The van der Waals surface area contributed by atoms with Gasteiger partial charge in [-0.25, -0.2) is 9.18 Å². The third-order valence-corrected chi connectivity index (χ3v) is 2.74. The monoisotopic (exact) mass is 279 g/mol. The number of nitrogens with one attached hydrogen (secondary N) is 1. The largest absolute Gasteiger partial charge is 0.467 e. The molecule has 0 spiro atoms. The van der Waals surface area contributed by atoms with E-state index in [1.807, 2.05) is 0 Å². The smallest absolute Gasteiger partial charge is 0.328 e. The van der Waals surface area contributed by atoms with Gasteiger partial charge in [0, 0.05) is 11.6 Å². The number of rotatable bonds is 5. The van der Waals surface area contributed by atoms with E-state index in [1.165, 1.54) is 25.3 Å². The van der Waals surface area contributed by atoms with Gasteiger partial charge in [-0.05, 0) is 18.1 Å². The SMILES string of the molecule is COC(=O)C(NC(=O)/C=C/c1ccccc1F)C(C)C. The van der Waals surface area contributed by atoms with Gasteiger partial charge in [0.2, 0.25) is 5.91 Å². The van der Waals surface area contributed by atoms with E-state index in [4.69, 9.17) is 0 Å². The van der Waals surface area contributed by atoms with Crippen LogP contribution >= 0.6 is 0 Å². The average molecular weight is 279 g/mol. The third kappa shape index (κ3) is 4.50. The molecule has 5 heteroatoms.